The van der Waals surface area contributed by atoms with Crippen LogP contribution in [0.15, 0.2) is 54.6 Å². The van der Waals surface area contributed by atoms with Crippen molar-refractivity contribution in [2.75, 3.05) is 0 Å². The Hall–Kier alpha value is -2.51. The zero-order chi connectivity index (χ0) is 18.5. The summed E-state index contributed by atoms with van der Waals surface area (Å²) in [6.07, 6.45) is -0.502. The molecule has 1 unspecified atom stereocenters. The lowest BCUT2D eigenvalue weighted by atomic mass is 9.96. The number of carbonyl (C=O) groups is 1. The van der Waals surface area contributed by atoms with Crippen molar-refractivity contribution < 1.29 is 23.8 Å². The number of nitrogens with one attached hydrogen (secondary N) is 1. The molecular weight excluding hydrogens is 330 g/mol. The molecule has 1 atom stereocenters. The van der Waals surface area contributed by atoms with Gasteiger partial charge in [-0.2, -0.15) is 8.78 Å². The molecule has 0 saturated carbocycles. The summed E-state index contributed by atoms with van der Waals surface area (Å²) in [5, 5.41) is 21.2. The van der Waals surface area contributed by atoms with Crippen LogP contribution < -0.4 is 11.1 Å². The summed E-state index contributed by atoms with van der Waals surface area (Å²) in [7, 11) is 0. The van der Waals surface area contributed by atoms with Crippen molar-refractivity contribution in [1.82, 2.24) is 5.32 Å². The van der Waals surface area contributed by atoms with Crippen LogP contribution in [0.3, 0.4) is 0 Å². The van der Waals surface area contributed by atoms with Gasteiger partial charge < -0.3 is 15.5 Å². The van der Waals surface area contributed by atoms with E-state index in [0.717, 1.165) is 0 Å². The Morgan fingerprint density at radius 1 is 1.04 bits per heavy atom. The highest BCUT2D eigenvalue weighted by atomic mass is 19.3. The van der Waals surface area contributed by atoms with Crippen LogP contribution >= 0.6 is 0 Å². The molecule has 0 aromatic heterocycles. The van der Waals surface area contributed by atoms with Crippen molar-refractivity contribution in [3.8, 4) is 5.75 Å². The lowest BCUT2D eigenvalue weighted by Gasteiger charge is -2.31. The van der Waals surface area contributed by atoms with E-state index in [-0.39, 0.29) is 18.7 Å². The number of alkyl halides is 2. The van der Waals surface area contributed by atoms with E-state index < -0.39 is 24.0 Å². The highest BCUT2D eigenvalue weighted by Gasteiger charge is 2.55. The number of phenols is 1. The molecule has 0 fully saturated rings. The number of aryl methyl sites for hydroxylation is 1. The average Bonchev–Trinajstić information content (AvgIpc) is 2.60. The van der Waals surface area contributed by atoms with Gasteiger partial charge in [-0.1, -0.05) is 42.5 Å². The van der Waals surface area contributed by atoms with Crippen LogP contribution in [-0.4, -0.2) is 27.8 Å². The Labute approximate surface area is 144 Å². The smallest absolute Gasteiger partial charge is 0.365 e. The second-order valence-electron chi connectivity index (χ2n) is 5.83. The zero-order valence-corrected chi connectivity index (χ0v) is 13.5. The molecule has 0 heterocycles. The number of rotatable bonds is 7. The van der Waals surface area contributed by atoms with E-state index in [0.29, 0.717) is 11.1 Å². The summed E-state index contributed by atoms with van der Waals surface area (Å²) >= 11 is 0. The first kappa shape index (κ1) is 18.8. The van der Waals surface area contributed by atoms with E-state index in [4.69, 9.17) is 5.73 Å². The van der Waals surface area contributed by atoms with Crippen LogP contribution in [0.2, 0.25) is 0 Å². The third-order valence-corrected chi connectivity index (χ3v) is 3.86. The molecule has 0 radical (unpaired) electrons. The molecule has 1 amide bonds. The Kier molecular flexibility index (Phi) is 5.71. The van der Waals surface area contributed by atoms with Gasteiger partial charge in [0.2, 0.25) is 0 Å². The molecule has 2 aromatic rings. The van der Waals surface area contributed by atoms with E-state index in [9.17, 15) is 23.8 Å². The van der Waals surface area contributed by atoms with Gasteiger partial charge in [0.05, 0.1) is 0 Å². The van der Waals surface area contributed by atoms with E-state index >= 15 is 0 Å². The first-order valence-electron chi connectivity index (χ1n) is 7.71. The SMILES string of the molecule is NC(O)(CCc1ccc(O)cc1)C(F)(F)C(=O)NCc1ccccc1. The Balaban J connectivity index is 1.97. The van der Waals surface area contributed by atoms with Crippen molar-refractivity contribution in [1.29, 1.82) is 0 Å². The molecule has 0 aliphatic rings. The molecule has 5 nitrogen and oxygen atoms in total. The summed E-state index contributed by atoms with van der Waals surface area (Å²) in [6.45, 7) is -0.0939. The summed E-state index contributed by atoms with van der Waals surface area (Å²) in [4.78, 5) is 11.8. The molecular formula is C18H20F2N2O3. The molecule has 2 aromatic carbocycles. The Morgan fingerprint density at radius 2 is 1.64 bits per heavy atom. The van der Waals surface area contributed by atoms with Crippen LogP contribution in [-0.2, 0) is 17.8 Å². The van der Waals surface area contributed by atoms with Gasteiger partial charge in [-0.3, -0.25) is 10.5 Å². The highest BCUT2D eigenvalue weighted by molar-refractivity contribution is 5.84. The molecule has 2 rings (SSSR count). The largest absolute Gasteiger partial charge is 0.508 e. The van der Waals surface area contributed by atoms with Crippen molar-refractivity contribution in [3.05, 3.63) is 65.7 Å². The average molecular weight is 350 g/mol. The van der Waals surface area contributed by atoms with Gasteiger partial charge in [-0.05, 0) is 29.7 Å². The number of nitrogens with two attached hydrogens (primary N) is 1. The summed E-state index contributed by atoms with van der Waals surface area (Å²) in [5.41, 5.74) is 3.59. The molecule has 5 N–H and O–H groups in total. The number of amides is 1. The Bertz CT molecular complexity index is 704. The quantitative estimate of drug-likeness (QED) is 0.574. The monoisotopic (exact) mass is 350 g/mol. The van der Waals surface area contributed by atoms with Gasteiger partial charge in [0.15, 0.2) is 5.72 Å². The fourth-order valence-electron chi connectivity index (χ4n) is 2.24. The molecule has 134 valence electrons. The standard InChI is InChI=1S/C18H20F2N2O3/c19-18(20,16(24)22-12-14-4-2-1-3-5-14)17(21,25)11-10-13-6-8-15(23)9-7-13/h1-9,23,25H,10-12,21H2,(H,22,24). The van der Waals surface area contributed by atoms with Gasteiger partial charge in [-0.15, -0.1) is 0 Å². The van der Waals surface area contributed by atoms with Crippen molar-refractivity contribution in [3.63, 3.8) is 0 Å². The third-order valence-electron chi connectivity index (χ3n) is 3.86. The molecule has 0 aliphatic heterocycles. The second-order valence-corrected chi connectivity index (χ2v) is 5.83. The molecule has 0 spiro atoms. The minimum atomic E-state index is -4.15. The summed E-state index contributed by atoms with van der Waals surface area (Å²) in [6, 6.07) is 14.4. The van der Waals surface area contributed by atoms with Gasteiger partial charge in [0.25, 0.3) is 5.91 Å². The fraction of sp³-hybridized carbons (Fsp3) is 0.278. The number of halogens is 2. The maximum atomic E-state index is 14.2. The normalized spacial score (nSPS) is 13.9. The van der Waals surface area contributed by atoms with Crippen LogP contribution in [0.4, 0.5) is 8.78 Å². The first-order valence-corrected chi connectivity index (χ1v) is 7.71. The predicted molar refractivity (Wildman–Crippen MR) is 88.8 cm³/mol. The van der Waals surface area contributed by atoms with Crippen LogP contribution in [0, 0.1) is 0 Å². The third kappa shape index (κ3) is 4.74. The van der Waals surface area contributed by atoms with Crippen molar-refractivity contribution in [2.45, 2.75) is 31.0 Å². The van der Waals surface area contributed by atoms with Crippen LogP contribution in [0.1, 0.15) is 17.5 Å². The maximum absolute atomic E-state index is 14.2. The van der Waals surface area contributed by atoms with E-state index in [1.165, 1.54) is 24.3 Å². The number of hydrogen-bond donors (Lipinski definition) is 4. The minimum Gasteiger partial charge on any atom is -0.508 e. The van der Waals surface area contributed by atoms with Crippen molar-refractivity contribution in [2.24, 2.45) is 5.73 Å². The topological polar surface area (TPSA) is 95.6 Å². The summed E-state index contributed by atoms with van der Waals surface area (Å²) in [5.74, 6) is -5.75. The van der Waals surface area contributed by atoms with Crippen LogP contribution in [0.25, 0.3) is 0 Å². The lowest BCUT2D eigenvalue weighted by molar-refractivity contribution is -0.193. The molecule has 0 bridgehead atoms. The zero-order valence-electron chi connectivity index (χ0n) is 13.5. The molecule has 7 heteroatoms. The molecule has 25 heavy (non-hydrogen) atoms. The number of phenolic OH excluding ortho intramolecular Hbond substituents is 1. The van der Waals surface area contributed by atoms with E-state index in [1.54, 1.807) is 30.3 Å². The van der Waals surface area contributed by atoms with Crippen LogP contribution in [0.5, 0.6) is 5.75 Å². The Morgan fingerprint density at radius 3 is 2.24 bits per heavy atom. The number of hydrogen-bond acceptors (Lipinski definition) is 4. The van der Waals surface area contributed by atoms with Gasteiger partial charge in [0, 0.05) is 13.0 Å². The second kappa shape index (κ2) is 7.58. The maximum Gasteiger partial charge on any atom is 0.365 e. The van der Waals surface area contributed by atoms with Gasteiger partial charge in [0.1, 0.15) is 5.75 Å². The first-order chi connectivity index (χ1) is 11.7. The number of carbonyl (C=O) groups excluding carboxylic acids is 1. The predicted octanol–water partition coefficient (Wildman–Crippen LogP) is 1.92. The number of aromatic hydroxyl groups is 1. The lowest BCUT2D eigenvalue weighted by Crippen LogP contribution is -2.62. The molecule has 0 saturated heterocycles. The fourth-order valence-corrected chi connectivity index (χ4v) is 2.24. The molecule has 0 aliphatic carbocycles. The van der Waals surface area contributed by atoms with Crippen molar-refractivity contribution >= 4 is 5.91 Å². The van der Waals surface area contributed by atoms with Gasteiger partial charge >= 0.3 is 5.92 Å². The summed E-state index contributed by atoms with van der Waals surface area (Å²) < 4.78 is 28.5. The number of aliphatic hydroxyl groups is 1. The highest BCUT2D eigenvalue weighted by Crippen LogP contribution is 2.29. The van der Waals surface area contributed by atoms with Gasteiger partial charge in [-0.25, -0.2) is 0 Å². The number of benzene rings is 2. The minimum absolute atomic E-state index is 0.0227. The van der Waals surface area contributed by atoms with E-state index in [1.807, 2.05) is 0 Å². The van der Waals surface area contributed by atoms with E-state index in [2.05, 4.69) is 5.32 Å².